The fourth-order valence-corrected chi connectivity index (χ4v) is 45.1. The van der Waals surface area contributed by atoms with Crippen molar-refractivity contribution in [2.24, 2.45) is 0 Å². The summed E-state index contributed by atoms with van der Waals surface area (Å²) in [6.07, 6.45) is 0. The first-order chi connectivity index (χ1) is 10.3. The Bertz CT molecular complexity index is 284. The molecule has 4 atom stereocenters. The van der Waals surface area contributed by atoms with Crippen LogP contribution in [0.1, 0.15) is 0 Å². The summed E-state index contributed by atoms with van der Waals surface area (Å²) in [7, 11) is 8.05. The van der Waals surface area contributed by atoms with Gasteiger partial charge in [-0.1, -0.05) is 0 Å². The van der Waals surface area contributed by atoms with Crippen LogP contribution in [0.4, 0.5) is 0 Å². The first-order valence-corrected chi connectivity index (χ1v) is 25.8. The van der Waals surface area contributed by atoms with Crippen molar-refractivity contribution < 1.29 is 0 Å². The van der Waals surface area contributed by atoms with Crippen LogP contribution >= 0.6 is 87.4 Å². The molecule has 4 rings (SSSR count). The molecule has 4 fully saturated rings. The Morgan fingerprint density at radius 2 is 0.810 bits per heavy atom. The van der Waals surface area contributed by atoms with E-state index >= 15 is 0 Å². The van der Waals surface area contributed by atoms with E-state index in [2.05, 4.69) is 87.4 Å². The second-order valence-corrected chi connectivity index (χ2v) is 43.5. The molecule has 4 aliphatic rings. The molecule has 0 amide bonds. The van der Waals surface area contributed by atoms with Gasteiger partial charge in [0.1, 0.15) is 0 Å². The second-order valence-electron chi connectivity index (χ2n) is 5.57. The van der Waals surface area contributed by atoms with Gasteiger partial charge in [0.05, 0.1) is 0 Å². The number of hydrogen-bond donors (Lipinski definition) is 0. The average Bonchev–Trinajstić information content (AvgIpc) is 3.39. The van der Waals surface area contributed by atoms with Gasteiger partial charge < -0.3 is 0 Å². The zero-order valence-electron chi connectivity index (χ0n) is 11.7. The number of rotatable bonds is 12. The zero-order chi connectivity index (χ0) is 14.1. The van der Waals surface area contributed by atoms with Gasteiger partial charge in [0.15, 0.2) is 0 Å². The molecule has 0 aromatic heterocycles. The van der Waals surface area contributed by atoms with Crippen LogP contribution in [0.2, 0.25) is 0 Å². The van der Waals surface area contributed by atoms with Gasteiger partial charge in [-0.15, -0.1) is 0 Å². The Hall–Kier alpha value is 3.34. The molecule has 0 bridgehead atoms. The zero-order valence-corrected chi connectivity index (χ0v) is 20.4. The summed E-state index contributed by atoms with van der Waals surface area (Å²) in [5.41, 5.74) is 0. The van der Waals surface area contributed by atoms with Crippen molar-refractivity contribution in [1.82, 2.24) is 0 Å². The molecular weight excluding hydrogens is 473 g/mol. The topological polar surface area (TPSA) is 0 Å². The van der Waals surface area contributed by atoms with Crippen LogP contribution in [0.5, 0.6) is 0 Å². The van der Waals surface area contributed by atoms with Crippen LogP contribution in [-0.4, -0.2) is 75.7 Å². The Morgan fingerprint density at radius 3 is 1.00 bits per heavy atom. The fraction of sp³-hybridized carbons (Fsp3) is 1.00. The molecule has 0 nitrogen and oxygen atoms in total. The Kier molecular flexibility index (Phi) is 7.06. The maximum absolute atomic E-state index is 2.48. The van der Waals surface area contributed by atoms with E-state index in [1.807, 2.05) is 0 Å². The molecule has 120 valence electrons. The van der Waals surface area contributed by atoms with Crippen molar-refractivity contribution in [3.8, 4) is 0 Å². The molecular formula is C12H20GeS8. The molecule has 0 aromatic rings. The standard InChI is InChI=1S/C12H20GeS8/c1-9(14-1)5-18-13(19-6-10-2-15-10,20-7-11-3-16-11)21-8-12-4-17-12/h9-12H,1-8H2. The first kappa shape index (κ1) is 17.7. The van der Waals surface area contributed by atoms with E-state index in [9.17, 15) is 0 Å². The van der Waals surface area contributed by atoms with Gasteiger partial charge in [0, 0.05) is 0 Å². The van der Waals surface area contributed by atoms with Crippen molar-refractivity contribution >= 4 is 96.1 Å². The molecule has 0 N–H and O–H groups in total. The maximum atomic E-state index is 2.48. The Morgan fingerprint density at radius 1 is 0.571 bits per heavy atom. The van der Waals surface area contributed by atoms with Gasteiger partial charge >= 0.3 is 163 Å². The van der Waals surface area contributed by atoms with E-state index in [-0.39, 0.29) is 0 Å². The van der Waals surface area contributed by atoms with E-state index in [4.69, 9.17) is 0 Å². The Balaban J connectivity index is 1.34. The minimum atomic E-state index is -1.86. The molecule has 9 heteroatoms. The van der Waals surface area contributed by atoms with Crippen LogP contribution in [-0.2, 0) is 0 Å². The summed E-state index contributed by atoms with van der Waals surface area (Å²) in [6.45, 7) is 0. The van der Waals surface area contributed by atoms with E-state index in [1.54, 1.807) is 0 Å². The van der Waals surface area contributed by atoms with E-state index in [1.165, 1.54) is 46.0 Å². The van der Waals surface area contributed by atoms with Gasteiger partial charge in [-0.05, 0) is 0 Å². The summed E-state index contributed by atoms with van der Waals surface area (Å²) >= 11 is 8.75. The number of thioether (sulfide) groups is 4. The third-order valence-corrected chi connectivity index (χ3v) is 47.0. The van der Waals surface area contributed by atoms with Crippen LogP contribution in [0.15, 0.2) is 0 Å². The molecule has 4 unspecified atom stereocenters. The van der Waals surface area contributed by atoms with Crippen LogP contribution < -0.4 is 0 Å². The SMILES string of the molecule is C1SC1C[S][Ge]([S]CC1CS1)([S]CC1CS1)[S]CC1CS1. The monoisotopic (exact) mass is 494 g/mol. The first-order valence-electron chi connectivity index (χ1n) is 7.33. The predicted octanol–water partition coefficient (Wildman–Crippen LogP) is 4.82. The summed E-state index contributed by atoms with van der Waals surface area (Å²) in [4.78, 5) is 0. The van der Waals surface area contributed by atoms with Gasteiger partial charge in [0.25, 0.3) is 0 Å². The second kappa shape index (κ2) is 8.36. The van der Waals surface area contributed by atoms with E-state index in [0.717, 1.165) is 21.0 Å². The third kappa shape index (κ3) is 6.87. The van der Waals surface area contributed by atoms with E-state index in [0.29, 0.717) is 0 Å². The summed E-state index contributed by atoms with van der Waals surface area (Å²) in [5.74, 6) is 11.6. The van der Waals surface area contributed by atoms with Crippen molar-refractivity contribution in [2.75, 3.05) is 46.0 Å². The van der Waals surface area contributed by atoms with Crippen LogP contribution in [0, 0.1) is 0 Å². The normalized spacial score (nSPS) is 38.9. The van der Waals surface area contributed by atoms with Crippen molar-refractivity contribution in [1.29, 1.82) is 0 Å². The predicted molar refractivity (Wildman–Crippen MR) is 121 cm³/mol. The van der Waals surface area contributed by atoms with Gasteiger partial charge in [0.2, 0.25) is 0 Å². The summed E-state index contributed by atoms with van der Waals surface area (Å²) < 4.78 is 0. The molecule has 4 heterocycles. The molecule has 0 aliphatic carbocycles. The molecule has 0 spiro atoms. The van der Waals surface area contributed by atoms with Gasteiger partial charge in [-0.25, -0.2) is 0 Å². The molecule has 21 heavy (non-hydrogen) atoms. The van der Waals surface area contributed by atoms with Crippen molar-refractivity contribution in [3.63, 3.8) is 0 Å². The van der Waals surface area contributed by atoms with E-state index < -0.39 is 8.70 Å². The number of hydrogen-bond acceptors (Lipinski definition) is 8. The molecule has 0 aromatic carbocycles. The van der Waals surface area contributed by atoms with Crippen LogP contribution in [0.25, 0.3) is 0 Å². The molecule has 0 radical (unpaired) electrons. The van der Waals surface area contributed by atoms with Crippen molar-refractivity contribution in [3.05, 3.63) is 0 Å². The quantitative estimate of drug-likeness (QED) is 0.277. The summed E-state index contributed by atoms with van der Waals surface area (Å²) in [6, 6.07) is 0. The minimum absolute atomic E-state index is 1.02. The Labute approximate surface area is 161 Å². The molecule has 4 aliphatic heterocycles. The third-order valence-electron chi connectivity index (χ3n) is 3.39. The van der Waals surface area contributed by atoms with Crippen molar-refractivity contribution in [2.45, 2.75) is 21.0 Å². The molecule has 4 saturated heterocycles. The summed E-state index contributed by atoms with van der Waals surface area (Å²) in [5, 5.41) is 4.07. The average molecular weight is 493 g/mol. The van der Waals surface area contributed by atoms with Gasteiger partial charge in [-0.3, -0.25) is 0 Å². The molecule has 0 saturated carbocycles. The fourth-order valence-electron chi connectivity index (χ4n) is 1.69. The van der Waals surface area contributed by atoms with Crippen LogP contribution in [0.3, 0.4) is 0 Å². The van der Waals surface area contributed by atoms with Gasteiger partial charge in [-0.2, -0.15) is 0 Å².